The molecule has 0 spiro atoms. The molecule has 24 heavy (non-hydrogen) atoms. The molecule has 0 bridgehead atoms. The Kier molecular flexibility index (Phi) is 3.93. The summed E-state index contributed by atoms with van der Waals surface area (Å²) in [6.45, 7) is 0.311. The summed E-state index contributed by atoms with van der Waals surface area (Å²) in [5.41, 5.74) is 2.46. The number of nitrogens with one attached hydrogen (secondary N) is 3. The normalized spacial score (nSPS) is 22.4. The molecule has 2 aliphatic rings. The number of fused-ring (bicyclic) bond motifs is 1. The van der Waals surface area contributed by atoms with Gasteiger partial charge in [0, 0.05) is 11.4 Å². The summed E-state index contributed by atoms with van der Waals surface area (Å²) in [4.78, 5) is 29.1. The predicted molar refractivity (Wildman–Crippen MR) is 92.3 cm³/mol. The van der Waals surface area contributed by atoms with Crippen molar-refractivity contribution in [3.63, 3.8) is 0 Å². The van der Waals surface area contributed by atoms with Crippen molar-refractivity contribution in [3.05, 3.63) is 46.5 Å². The fraction of sp³-hybridized carbons (Fsp3) is 0.353. The molecule has 0 radical (unpaired) electrons. The predicted octanol–water partition coefficient (Wildman–Crippen LogP) is 2.04. The van der Waals surface area contributed by atoms with Crippen molar-refractivity contribution in [2.75, 3.05) is 11.9 Å². The van der Waals surface area contributed by atoms with Crippen molar-refractivity contribution in [1.82, 2.24) is 15.6 Å². The van der Waals surface area contributed by atoms with Gasteiger partial charge in [-0.3, -0.25) is 4.79 Å². The molecular formula is C17H18N4O2S. The highest BCUT2D eigenvalue weighted by atomic mass is 32.1. The maximum atomic E-state index is 12.2. The summed E-state index contributed by atoms with van der Waals surface area (Å²) in [6.07, 6.45) is 2.98. The minimum atomic E-state index is -0.532. The molecule has 7 heteroatoms. The van der Waals surface area contributed by atoms with E-state index >= 15 is 0 Å². The molecule has 124 valence electrons. The van der Waals surface area contributed by atoms with Gasteiger partial charge in [-0.2, -0.15) is 0 Å². The molecule has 0 saturated carbocycles. The highest BCUT2D eigenvalue weighted by Crippen LogP contribution is 2.36. The molecule has 1 aromatic carbocycles. The molecule has 3 N–H and O–H groups in total. The Labute approximate surface area is 143 Å². The second-order valence-electron chi connectivity index (χ2n) is 6.14. The lowest BCUT2D eigenvalue weighted by atomic mass is 9.85. The number of urea groups is 1. The van der Waals surface area contributed by atoms with Gasteiger partial charge in [0.25, 0.3) is 5.91 Å². The molecule has 2 heterocycles. The Hall–Kier alpha value is -2.41. The van der Waals surface area contributed by atoms with Crippen LogP contribution in [0.25, 0.3) is 0 Å². The SMILES string of the molecule is O=C1NC[C@@H](C(=O)Nc2nc3c(s2)C[C@@H](c2ccccc2)CC3)N1. The largest absolute Gasteiger partial charge is 0.336 e. The average molecular weight is 342 g/mol. The number of anilines is 1. The van der Waals surface area contributed by atoms with Crippen molar-refractivity contribution in [3.8, 4) is 0 Å². The lowest BCUT2D eigenvalue weighted by Gasteiger charge is -2.21. The molecule has 0 unspecified atom stereocenters. The van der Waals surface area contributed by atoms with Crippen LogP contribution >= 0.6 is 11.3 Å². The molecule has 2 atom stereocenters. The van der Waals surface area contributed by atoms with E-state index in [9.17, 15) is 9.59 Å². The van der Waals surface area contributed by atoms with Gasteiger partial charge in [-0.15, -0.1) is 11.3 Å². The third-order valence-electron chi connectivity index (χ3n) is 4.53. The van der Waals surface area contributed by atoms with Crippen LogP contribution in [0.4, 0.5) is 9.93 Å². The van der Waals surface area contributed by atoms with Gasteiger partial charge < -0.3 is 16.0 Å². The summed E-state index contributed by atoms with van der Waals surface area (Å²) in [7, 11) is 0. The molecule has 3 amide bonds. The Balaban J connectivity index is 1.45. The first-order valence-corrected chi connectivity index (χ1v) is 8.89. The molecule has 1 aliphatic heterocycles. The van der Waals surface area contributed by atoms with Crippen molar-refractivity contribution < 1.29 is 9.59 Å². The number of amides is 3. The zero-order valence-corrected chi connectivity index (χ0v) is 13.9. The Bertz CT molecular complexity index is 774. The van der Waals surface area contributed by atoms with E-state index in [1.165, 1.54) is 10.4 Å². The van der Waals surface area contributed by atoms with Crippen LogP contribution in [-0.2, 0) is 17.6 Å². The van der Waals surface area contributed by atoms with E-state index in [-0.39, 0.29) is 11.9 Å². The van der Waals surface area contributed by atoms with Gasteiger partial charge in [0.05, 0.1) is 5.69 Å². The van der Waals surface area contributed by atoms with E-state index in [0.717, 1.165) is 25.0 Å². The van der Waals surface area contributed by atoms with Crippen LogP contribution in [0.3, 0.4) is 0 Å². The quantitative estimate of drug-likeness (QED) is 0.798. The van der Waals surface area contributed by atoms with Crippen LogP contribution in [0.15, 0.2) is 30.3 Å². The lowest BCUT2D eigenvalue weighted by Crippen LogP contribution is -2.38. The fourth-order valence-corrected chi connectivity index (χ4v) is 4.33. The maximum Gasteiger partial charge on any atom is 0.315 e. The summed E-state index contributed by atoms with van der Waals surface area (Å²) in [5.74, 6) is 0.292. The number of benzene rings is 1. The average Bonchev–Trinajstić information content (AvgIpc) is 3.20. The van der Waals surface area contributed by atoms with Gasteiger partial charge in [-0.05, 0) is 30.7 Å². The van der Waals surface area contributed by atoms with E-state index in [1.807, 2.05) is 6.07 Å². The minimum absolute atomic E-state index is 0.223. The van der Waals surface area contributed by atoms with Gasteiger partial charge >= 0.3 is 6.03 Å². The van der Waals surface area contributed by atoms with Crippen LogP contribution in [0.5, 0.6) is 0 Å². The van der Waals surface area contributed by atoms with Crippen LogP contribution < -0.4 is 16.0 Å². The van der Waals surface area contributed by atoms with Gasteiger partial charge in [0.2, 0.25) is 0 Å². The fourth-order valence-electron chi connectivity index (χ4n) is 3.24. The molecule has 4 rings (SSSR count). The number of aryl methyl sites for hydroxylation is 1. The molecule has 2 aromatic rings. The topological polar surface area (TPSA) is 83.1 Å². The minimum Gasteiger partial charge on any atom is -0.336 e. The van der Waals surface area contributed by atoms with Crippen LogP contribution in [0, 0.1) is 0 Å². The summed E-state index contributed by atoms with van der Waals surface area (Å²) < 4.78 is 0. The van der Waals surface area contributed by atoms with Gasteiger partial charge in [0.1, 0.15) is 6.04 Å². The van der Waals surface area contributed by atoms with Gasteiger partial charge in [-0.25, -0.2) is 9.78 Å². The highest BCUT2D eigenvalue weighted by molar-refractivity contribution is 7.15. The highest BCUT2D eigenvalue weighted by Gasteiger charge is 2.28. The number of nitrogens with zero attached hydrogens (tertiary/aromatic N) is 1. The number of thiazole rings is 1. The summed E-state index contributed by atoms with van der Waals surface area (Å²) >= 11 is 1.55. The van der Waals surface area contributed by atoms with E-state index in [2.05, 4.69) is 45.2 Å². The van der Waals surface area contributed by atoms with Crippen LogP contribution in [0.2, 0.25) is 0 Å². The van der Waals surface area contributed by atoms with Crippen molar-refractivity contribution in [1.29, 1.82) is 0 Å². The summed E-state index contributed by atoms with van der Waals surface area (Å²) in [5, 5.41) is 8.62. The van der Waals surface area contributed by atoms with Crippen molar-refractivity contribution in [2.24, 2.45) is 0 Å². The van der Waals surface area contributed by atoms with E-state index < -0.39 is 6.04 Å². The molecule has 6 nitrogen and oxygen atoms in total. The van der Waals surface area contributed by atoms with E-state index in [4.69, 9.17) is 0 Å². The number of carbonyl (C=O) groups is 2. The third-order valence-corrected chi connectivity index (χ3v) is 5.56. The third kappa shape index (κ3) is 2.99. The Morgan fingerprint density at radius 1 is 1.29 bits per heavy atom. The number of carbonyl (C=O) groups excluding carboxylic acids is 2. The molecule has 1 aromatic heterocycles. The number of aromatic nitrogens is 1. The number of rotatable bonds is 3. The first kappa shape index (κ1) is 15.1. The van der Waals surface area contributed by atoms with Gasteiger partial charge in [0.15, 0.2) is 5.13 Å². The lowest BCUT2D eigenvalue weighted by molar-refractivity contribution is -0.117. The van der Waals surface area contributed by atoms with Crippen LogP contribution in [0.1, 0.15) is 28.5 Å². The van der Waals surface area contributed by atoms with E-state index in [0.29, 0.717) is 17.6 Å². The Morgan fingerprint density at radius 3 is 2.88 bits per heavy atom. The molecule has 1 saturated heterocycles. The smallest absolute Gasteiger partial charge is 0.315 e. The molecular weight excluding hydrogens is 324 g/mol. The molecule has 1 fully saturated rings. The maximum absolute atomic E-state index is 12.2. The monoisotopic (exact) mass is 342 g/mol. The zero-order valence-electron chi connectivity index (χ0n) is 13.0. The van der Waals surface area contributed by atoms with Crippen LogP contribution in [-0.4, -0.2) is 29.5 Å². The standard InChI is InChI=1S/C17H18N4O2S/c22-15(13-9-18-16(23)19-13)21-17-20-12-7-6-11(8-14(12)24-17)10-4-2-1-3-5-10/h1-5,11,13H,6-9H2,(H2,18,19,23)(H,20,21,22)/t11-,13-/m0/s1. The zero-order chi connectivity index (χ0) is 16.5. The van der Waals surface area contributed by atoms with Crippen molar-refractivity contribution in [2.45, 2.75) is 31.2 Å². The second-order valence-corrected chi connectivity index (χ2v) is 7.22. The van der Waals surface area contributed by atoms with Crippen molar-refractivity contribution >= 4 is 28.4 Å². The van der Waals surface area contributed by atoms with E-state index in [1.54, 1.807) is 11.3 Å². The van der Waals surface area contributed by atoms with Gasteiger partial charge in [-0.1, -0.05) is 30.3 Å². The summed E-state index contributed by atoms with van der Waals surface area (Å²) in [6, 6.07) is 9.70. The first-order valence-electron chi connectivity index (χ1n) is 8.08. The number of hydrogen-bond acceptors (Lipinski definition) is 4. The Morgan fingerprint density at radius 2 is 2.12 bits per heavy atom. The first-order chi connectivity index (χ1) is 11.7. The second kappa shape index (κ2) is 6.24. The number of hydrogen-bond donors (Lipinski definition) is 3. The molecule has 1 aliphatic carbocycles.